The van der Waals surface area contributed by atoms with E-state index in [0.717, 1.165) is 16.2 Å². The van der Waals surface area contributed by atoms with Gasteiger partial charge in [-0.15, -0.1) is 11.3 Å². The van der Waals surface area contributed by atoms with Gasteiger partial charge in [0.05, 0.1) is 25.0 Å². The second-order valence-electron chi connectivity index (χ2n) is 8.21. The molecule has 1 N–H and O–H groups in total. The molecule has 0 bridgehead atoms. The van der Waals surface area contributed by atoms with E-state index in [1.165, 1.54) is 22.5 Å². The molecule has 3 aromatic rings. The van der Waals surface area contributed by atoms with Crippen molar-refractivity contribution in [1.82, 2.24) is 4.90 Å². The third kappa shape index (κ3) is 4.21. The van der Waals surface area contributed by atoms with Crippen LogP contribution in [0.3, 0.4) is 0 Å². The zero-order valence-electron chi connectivity index (χ0n) is 18.2. The van der Waals surface area contributed by atoms with Crippen LogP contribution in [-0.2, 0) is 16.1 Å². The van der Waals surface area contributed by atoms with Gasteiger partial charge in [0.2, 0.25) is 0 Å². The highest BCUT2D eigenvalue weighted by Gasteiger charge is 2.47. The highest BCUT2D eigenvalue weighted by molar-refractivity contribution is 7.09. The van der Waals surface area contributed by atoms with Crippen LogP contribution in [0.5, 0.6) is 5.75 Å². The van der Waals surface area contributed by atoms with Crippen molar-refractivity contribution in [1.29, 1.82) is 0 Å². The molecule has 1 amide bonds. The number of ether oxygens (including phenoxy) is 1. The third-order valence-corrected chi connectivity index (χ3v) is 6.14. The van der Waals surface area contributed by atoms with E-state index in [9.17, 15) is 14.7 Å². The molecule has 166 valence electrons. The quantitative estimate of drug-likeness (QED) is 0.299. The summed E-state index contributed by atoms with van der Waals surface area (Å²) >= 11 is 1.50. The maximum absolute atomic E-state index is 13.0. The fourth-order valence-corrected chi connectivity index (χ4v) is 4.43. The number of likely N-dealkylation sites (tertiary alicyclic amines) is 1. The van der Waals surface area contributed by atoms with E-state index in [-0.39, 0.29) is 17.9 Å². The van der Waals surface area contributed by atoms with Crippen molar-refractivity contribution in [3.8, 4) is 5.75 Å². The lowest BCUT2D eigenvalue weighted by molar-refractivity contribution is -0.140. The van der Waals surface area contributed by atoms with Crippen molar-refractivity contribution >= 4 is 28.8 Å². The molecular weight excluding hydrogens is 426 g/mol. The van der Waals surface area contributed by atoms with Crippen molar-refractivity contribution in [2.24, 2.45) is 5.92 Å². The van der Waals surface area contributed by atoms with Gasteiger partial charge < -0.3 is 19.2 Å². The summed E-state index contributed by atoms with van der Waals surface area (Å²) in [5, 5.41) is 13.1. The van der Waals surface area contributed by atoms with Crippen LogP contribution in [0.15, 0.2) is 64.1 Å². The number of aryl methyl sites for hydroxylation is 1. The van der Waals surface area contributed by atoms with E-state index in [4.69, 9.17) is 9.15 Å². The first kappa shape index (κ1) is 21.9. The first-order valence-corrected chi connectivity index (χ1v) is 11.3. The number of aliphatic hydroxyl groups excluding tert-OH is 1. The first-order chi connectivity index (χ1) is 15.4. The van der Waals surface area contributed by atoms with E-state index >= 15 is 0 Å². The lowest BCUT2D eigenvalue weighted by atomic mass is 9.98. The van der Waals surface area contributed by atoms with E-state index < -0.39 is 17.7 Å². The van der Waals surface area contributed by atoms with E-state index in [0.29, 0.717) is 23.8 Å². The molecule has 1 atom stereocenters. The van der Waals surface area contributed by atoms with Crippen molar-refractivity contribution in [2.45, 2.75) is 33.4 Å². The second-order valence-corrected chi connectivity index (χ2v) is 9.24. The molecule has 1 saturated heterocycles. The van der Waals surface area contributed by atoms with Crippen LogP contribution in [0.2, 0.25) is 0 Å². The lowest BCUT2D eigenvalue weighted by Gasteiger charge is -2.22. The summed E-state index contributed by atoms with van der Waals surface area (Å²) in [6.07, 6.45) is 1.49. The fourth-order valence-electron chi connectivity index (χ4n) is 3.73. The van der Waals surface area contributed by atoms with Gasteiger partial charge in [-0.2, -0.15) is 0 Å². The summed E-state index contributed by atoms with van der Waals surface area (Å²) in [5.41, 5.74) is 1.30. The number of carbonyl (C=O) groups is 2. The normalized spacial score (nSPS) is 18.0. The summed E-state index contributed by atoms with van der Waals surface area (Å²) in [4.78, 5) is 28.3. The second kappa shape index (κ2) is 9.04. The molecule has 1 fully saturated rings. The number of nitrogens with zero attached hydrogens (tertiary/aromatic N) is 1. The molecule has 1 unspecified atom stereocenters. The number of aliphatic hydroxyl groups is 1. The van der Waals surface area contributed by atoms with E-state index in [2.05, 4.69) is 13.8 Å². The van der Waals surface area contributed by atoms with Gasteiger partial charge in [0.15, 0.2) is 0 Å². The maximum atomic E-state index is 13.0. The number of rotatable bonds is 7. The van der Waals surface area contributed by atoms with Crippen LogP contribution in [-0.4, -0.2) is 28.3 Å². The molecule has 1 aliphatic heterocycles. The summed E-state index contributed by atoms with van der Waals surface area (Å²) in [6, 6.07) is 11.6. The Morgan fingerprint density at radius 3 is 2.66 bits per heavy atom. The van der Waals surface area contributed by atoms with Crippen molar-refractivity contribution < 1.29 is 23.8 Å². The average Bonchev–Trinajstić information content (AvgIpc) is 3.51. The SMILES string of the molecule is Cc1cc(/C(O)=C2/C(=O)C(=O)N(Cc3cccs3)C2c2ccco2)ccc1OCC(C)C. The van der Waals surface area contributed by atoms with Gasteiger partial charge in [-0.05, 0) is 60.2 Å². The fraction of sp³-hybridized carbons (Fsp3) is 0.280. The van der Waals surface area contributed by atoms with Crippen LogP contribution in [0, 0.1) is 12.8 Å². The third-order valence-electron chi connectivity index (χ3n) is 5.28. The maximum Gasteiger partial charge on any atom is 0.296 e. The predicted molar refractivity (Wildman–Crippen MR) is 122 cm³/mol. The Labute approximate surface area is 190 Å². The molecule has 4 rings (SSSR count). The van der Waals surface area contributed by atoms with Gasteiger partial charge in [0.25, 0.3) is 11.7 Å². The van der Waals surface area contributed by atoms with Gasteiger partial charge in [0.1, 0.15) is 23.3 Å². The number of hydrogen-bond donors (Lipinski definition) is 1. The van der Waals surface area contributed by atoms with Crippen LogP contribution in [0.4, 0.5) is 0 Å². The monoisotopic (exact) mass is 451 g/mol. The molecule has 6 nitrogen and oxygen atoms in total. The van der Waals surface area contributed by atoms with Gasteiger partial charge in [0, 0.05) is 10.4 Å². The minimum atomic E-state index is -0.802. The molecule has 1 aliphatic rings. The smallest absolute Gasteiger partial charge is 0.296 e. The number of benzene rings is 1. The number of hydrogen-bond acceptors (Lipinski definition) is 6. The van der Waals surface area contributed by atoms with E-state index in [1.54, 1.807) is 30.3 Å². The summed E-state index contributed by atoms with van der Waals surface area (Å²) in [7, 11) is 0. The summed E-state index contributed by atoms with van der Waals surface area (Å²) in [5.74, 6) is -0.0767. The molecular formula is C25H25NO5S. The van der Waals surface area contributed by atoms with Crippen molar-refractivity contribution in [3.05, 3.63) is 81.4 Å². The zero-order valence-corrected chi connectivity index (χ0v) is 19.0. The Balaban J connectivity index is 1.75. The minimum Gasteiger partial charge on any atom is -0.507 e. The van der Waals surface area contributed by atoms with Crippen LogP contribution >= 0.6 is 11.3 Å². The van der Waals surface area contributed by atoms with Crippen LogP contribution in [0.25, 0.3) is 5.76 Å². The van der Waals surface area contributed by atoms with Gasteiger partial charge in [-0.25, -0.2) is 0 Å². The highest BCUT2D eigenvalue weighted by atomic mass is 32.1. The molecule has 1 aromatic carbocycles. The largest absolute Gasteiger partial charge is 0.507 e. The molecule has 0 spiro atoms. The molecule has 0 radical (unpaired) electrons. The Kier molecular flexibility index (Phi) is 6.19. The van der Waals surface area contributed by atoms with Gasteiger partial charge in [-0.3, -0.25) is 9.59 Å². The lowest BCUT2D eigenvalue weighted by Crippen LogP contribution is -2.28. The predicted octanol–water partition coefficient (Wildman–Crippen LogP) is 5.31. The molecule has 0 aliphatic carbocycles. The van der Waals surface area contributed by atoms with Gasteiger partial charge >= 0.3 is 0 Å². The van der Waals surface area contributed by atoms with Crippen LogP contribution in [0.1, 0.15) is 41.7 Å². The number of Topliss-reactive ketones (excluding diaryl/α,β-unsaturated/α-hetero) is 1. The number of amides is 1. The number of ketones is 1. The zero-order chi connectivity index (χ0) is 22.8. The Hall–Kier alpha value is -3.32. The molecule has 2 aromatic heterocycles. The highest BCUT2D eigenvalue weighted by Crippen LogP contribution is 2.41. The van der Waals surface area contributed by atoms with Crippen molar-refractivity contribution in [2.75, 3.05) is 6.61 Å². The minimum absolute atomic E-state index is 0.0248. The first-order valence-electron chi connectivity index (χ1n) is 10.4. The topological polar surface area (TPSA) is 80.0 Å². The van der Waals surface area contributed by atoms with Gasteiger partial charge in [-0.1, -0.05) is 19.9 Å². The molecule has 0 saturated carbocycles. The standard InChI is InChI=1S/C25H25NO5S/c1-15(2)14-31-19-9-8-17(12-16(19)3)23(27)21-22(20-7-4-10-30-20)26(25(29)24(21)28)13-18-6-5-11-32-18/h4-12,15,22,27H,13-14H2,1-3H3/b23-21-. The Morgan fingerprint density at radius 2 is 2.03 bits per heavy atom. The summed E-state index contributed by atoms with van der Waals surface area (Å²) in [6.45, 7) is 6.86. The molecule has 3 heterocycles. The molecule has 7 heteroatoms. The number of carbonyl (C=O) groups excluding carboxylic acids is 2. The summed E-state index contributed by atoms with van der Waals surface area (Å²) < 4.78 is 11.4. The average molecular weight is 452 g/mol. The van der Waals surface area contributed by atoms with Crippen molar-refractivity contribution in [3.63, 3.8) is 0 Å². The van der Waals surface area contributed by atoms with E-state index in [1.807, 2.05) is 24.4 Å². The number of thiophene rings is 1. The number of furan rings is 1. The Bertz CT molecular complexity index is 1150. The Morgan fingerprint density at radius 1 is 1.22 bits per heavy atom. The molecule has 32 heavy (non-hydrogen) atoms. The van der Waals surface area contributed by atoms with Crippen LogP contribution < -0.4 is 4.74 Å².